The number of benzene rings is 4. The Morgan fingerprint density at radius 3 is 2.48 bits per heavy atom. The average Bonchev–Trinajstić information content (AvgIpc) is 3.15. The van der Waals surface area contributed by atoms with Crippen molar-refractivity contribution in [1.82, 2.24) is 0 Å². The number of allylic oxidation sites excluding steroid dienone is 1. The lowest BCUT2D eigenvalue weighted by Crippen LogP contribution is -2.40. The van der Waals surface area contributed by atoms with Gasteiger partial charge in [-0.25, -0.2) is 17.2 Å². The molecule has 46 heavy (non-hydrogen) atoms. The summed E-state index contributed by atoms with van der Waals surface area (Å²) in [4.78, 5) is 15.2. The molecule has 1 unspecified atom stereocenters. The number of nitrogens with zero attached hydrogens (tertiary/aromatic N) is 1. The van der Waals surface area contributed by atoms with Crippen LogP contribution in [0.3, 0.4) is 0 Å². The number of rotatable bonds is 6. The maximum Gasteiger partial charge on any atom is 0.251 e. The summed E-state index contributed by atoms with van der Waals surface area (Å²) in [5.41, 5.74) is 1.20. The molecule has 2 aliphatic rings. The predicted molar refractivity (Wildman–Crippen MR) is 174 cm³/mol. The van der Waals surface area contributed by atoms with Gasteiger partial charge in [0.1, 0.15) is 41.5 Å². The predicted octanol–water partition coefficient (Wildman–Crippen LogP) is 7.52. The molecule has 0 saturated carbocycles. The number of halogens is 2. The molecule has 1 amide bonds. The first-order valence-corrected chi connectivity index (χ1v) is 16.3. The Morgan fingerprint density at radius 1 is 1.02 bits per heavy atom. The van der Waals surface area contributed by atoms with Gasteiger partial charge in [0, 0.05) is 23.4 Å². The van der Waals surface area contributed by atoms with E-state index in [1.54, 1.807) is 12.1 Å². The Hall–Kier alpha value is -4.96. The zero-order chi connectivity index (χ0) is 32.6. The largest absolute Gasteiger partial charge is 0.506 e. The number of sulfone groups is 1. The van der Waals surface area contributed by atoms with Crippen molar-refractivity contribution in [3.8, 4) is 11.5 Å². The highest BCUT2D eigenvalue weighted by atomic mass is 32.2. The van der Waals surface area contributed by atoms with E-state index in [-0.39, 0.29) is 57.8 Å². The van der Waals surface area contributed by atoms with Crippen LogP contribution in [0, 0.1) is 17.0 Å². The van der Waals surface area contributed by atoms with E-state index in [4.69, 9.17) is 4.74 Å². The lowest BCUT2D eigenvalue weighted by Gasteiger charge is -2.37. The van der Waals surface area contributed by atoms with Crippen LogP contribution in [0.15, 0.2) is 108 Å². The molecular formula is C36H32F2N2O5S. The highest BCUT2D eigenvalue weighted by Crippen LogP contribution is 2.51. The number of aromatic hydroxyl groups is 1. The van der Waals surface area contributed by atoms with Crippen LogP contribution in [0.2, 0.25) is 0 Å². The molecule has 0 saturated heterocycles. The third-order valence-electron chi connectivity index (χ3n) is 7.97. The Kier molecular flexibility index (Phi) is 8.16. The number of hydrogen-bond donors (Lipinski definition) is 2. The highest BCUT2D eigenvalue weighted by Gasteiger charge is 2.47. The SMILES string of the molecule is CC1(C)CC2=C(C(c3ccc(OCc4ccccc4)cc3F)N(C(=O)/C=C/c3ccc(F)cc3)c3cccc(O)c3N2)S(=O)(=O)C1. The fourth-order valence-corrected chi connectivity index (χ4v) is 8.37. The van der Waals surface area contributed by atoms with E-state index in [0.29, 0.717) is 5.56 Å². The minimum atomic E-state index is -4.08. The fraction of sp³-hybridized carbons (Fsp3) is 0.194. The normalized spacial score (nSPS) is 18.3. The molecule has 0 radical (unpaired) electrons. The lowest BCUT2D eigenvalue weighted by atomic mass is 9.88. The topological polar surface area (TPSA) is 95.9 Å². The first-order chi connectivity index (χ1) is 21.9. The average molecular weight is 643 g/mol. The van der Waals surface area contributed by atoms with E-state index >= 15 is 4.39 Å². The van der Waals surface area contributed by atoms with Gasteiger partial charge >= 0.3 is 0 Å². The first kappa shape index (κ1) is 31.0. The van der Waals surface area contributed by atoms with Gasteiger partial charge in [-0.15, -0.1) is 0 Å². The summed E-state index contributed by atoms with van der Waals surface area (Å²) < 4.78 is 63.9. The number of para-hydroxylation sites is 1. The fourth-order valence-electron chi connectivity index (χ4n) is 6.01. The molecule has 0 spiro atoms. The van der Waals surface area contributed by atoms with Gasteiger partial charge in [0.2, 0.25) is 0 Å². The van der Waals surface area contributed by atoms with E-state index < -0.39 is 38.8 Å². The smallest absolute Gasteiger partial charge is 0.251 e. The first-order valence-electron chi connectivity index (χ1n) is 14.7. The number of fused-ring (bicyclic) bond motifs is 1. The Bertz CT molecular complexity index is 1970. The van der Waals surface area contributed by atoms with Crippen LogP contribution in [-0.2, 0) is 21.2 Å². The standard InChI is InChI=1S/C36H32F2N2O5S/c1-36(2)20-29-35(46(43,44)22-36)34(27-17-16-26(19-28(27)38)45-21-24-7-4-3-5-8-24)40(30-9-6-10-31(41)33(30)39-29)32(42)18-13-23-11-14-25(37)15-12-23/h3-19,34,39,41H,20-22H2,1-2H3/b18-13+. The van der Waals surface area contributed by atoms with Gasteiger partial charge < -0.3 is 15.2 Å². The molecule has 2 heterocycles. The molecule has 0 bridgehead atoms. The van der Waals surface area contributed by atoms with Crippen molar-refractivity contribution in [2.75, 3.05) is 16.0 Å². The highest BCUT2D eigenvalue weighted by molar-refractivity contribution is 7.95. The van der Waals surface area contributed by atoms with Gasteiger partial charge in [-0.2, -0.15) is 0 Å². The lowest BCUT2D eigenvalue weighted by molar-refractivity contribution is -0.114. The molecule has 2 N–H and O–H groups in total. The van der Waals surface area contributed by atoms with Crippen molar-refractivity contribution in [3.63, 3.8) is 0 Å². The minimum absolute atomic E-state index is 0.0654. The van der Waals surface area contributed by atoms with Gasteiger partial charge in [0.05, 0.1) is 16.3 Å². The molecule has 0 aliphatic carbocycles. The number of nitrogens with one attached hydrogen (secondary N) is 1. The molecule has 2 aliphatic heterocycles. The summed E-state index contributed by atoms with van der Waals surface area (Å²) in [5, 5.41) is 14.1. The molecule has 6 rings (SSSR count). The van der Waals surface area contributed by atoms with Crippen LogP contribution >= 0.6 is 0 Å². The Balaban J connectivity index is 1.51. The molecule has 7 nitrogen and oxygen atoms in total. The van der Waals surface area contributed by atoms with Crippen molar-refractivity contribution in [2.45, 2.75) is 32.9 Å². The van der Waals surface area contributed by atoms with Gasteiger partial charge in [0.15, 0.2) is 9.84 Å². The quantitative estimate of drug-likeness (QED) is 0.167. The summed E-state index contributed by atoms with van der Waals surface area (Å²) in [5.74, 6) is -2.11. The molecule has 4 aromatic carbocycles. The number of ether oxygens (including phenoxy) is 1. The zero-order valence-corrected chi connectivity index (χ0v) is 26.0. The molecule has 10 heteroatoms. The summed E-state index contributed by atoms with van der Waals surface area (Å²) >= 11 is 0. The molecular weight excluding hydrogens is 610 g/mol. The number of phenolic OH excluding ortho intramolecular Hbond substituents is 1. The van der Waals surface area contributed by atoms with Gasteiger partial charge in [0.25, 0.3) is 5.91 Å². The number of anilines is 2. The Labute approximate surface area is 266 Å². The van der Waals surface area contributed by atoms with Crippen LogP contribution in [-0.4, -0.2) is 25.2 Å². The monoisotopic (exact) mass is 642 g/mol. The second-order valence-corrected chi connectivity index (χ2v) is 14.2. The van der Waals surface area contributed by atoms with Crippen molar-refractivity contribution in [1.29, 1.82) is 0 Å². The summed E-state index contributed by atoms with van der Waals surface area (Å²) in [7, 11) is -4.08. The van der Waals surface area contributed by atoms with Gasteiger partial charge in [-0.3, -0.25) is 9.69 Å². The molecule has 236 valence electrons. The van der Waals surface area contributed by atoms with Crippen molar-refractivity contribution >= 4 is 33.2 Å². The van der Waals surface area contributed by atoms with Crippen LogP contribution in [0.1, 0.15) is 43.0 Å². The summed E-state index contributed by atoms with van der Waals surface area (Å²) in [6, 6.07) is 22.1. The summed E-state index contributed by atoms with van der Waals surface area (Å²) in [6.45, 7) is 3.82. The summed E-state index contributed by atoms with van der Waals surface area (Å²) in [6.07, 6.45) is 2.94. The van der Waals surface area contributed by atoms with Crippen molar-refractivity contribution in [3.05, 3.63) is 136 Å². The van der Waals surface area contributed by atoms with E-state index in [9.17, 15) is 22.7 Å². The zero-order valence-electron chi connectivity index (χ0n) is 25.2. The van der Waals surface area contributed by atoms with E-state index in [0.717, 1.165) is 5.56 Å². The number of phenols is 1. The van der Waals surface area contributed by atoms with E-state index in [1.807, 2.05) is 44.2 Å². The van der Waals surface area contributed by atoms with Crippen LogP contribution in [0.5, 0.6) is 11.5 Å². The molecule has 0 fully saturated rings. The number of amides is 1. The van der Waals surface area contributed by atoms with Crippen LogP contribution in [0.25, 0.3) is 6.08 Å². The van der Waals surface area contributed by atoms with Crippen molar-refractivity contribution < 1.29 is 31.8 Å². The van der Waals surface area contributed by atoms with Gasteiger partial charge in [-0.1, -0.05) is 62.4 Å². The number of carbonyl (C=O) groups excluding carboxylic acids is 1. The molecule has 0 aromatic heterocycles. The van der Waals surface area contributed by atoms with E-state index in [2.05, 4.69) is 5.32 Å². The molecule has 4 aromatic rings. The third kappa shape index (κ3) is 6.25. The van der Waals surface area contributed by atoms with Gasteiger partial charge in [-0.05, 0) is 65.4 Å². The number of carbonyl (C=O) groups is 1. The van der Waals surface area contributed by atoms with Crippen LogP contribution in [0.4, 0.5) is 20.2 Å². The van der Waals surface area contributed by atoms with Crippen LogP contribution < -0.4 is 15.0 Å². The minimum Gasteiger partial charge on any atom is -0.506 e. The third-order valence-corrected chi connectivity index (χ3v) is 10.3. The number of hydrogen-bond acceptors (Lipinski definition) is 6. The maximum absolute atomic E-state index is 16.3. The Morgan fingerprint density at radius 2 is 1.76 bits per heavy atom. The van der Waals surface area contributed by atoms with E-state index in [1.165, 1.54) is 65.6 Å². The van der Waals surface area contributed by atoms with Crippen molar-refractivity contribution in [2.24, 2.45) is 5.41 Å². The second-order valence-electron chi connectivity index (χ2n) is 12.2. The second kappa shape index (κ2) is 12.1. The maximum atomic E-state index is 16.3. The molecule has 1 atom stereocenters.